The van der Waals surface area contributed by atoms with Gasteiger partial charge in [-0.25, -0.2) is 4.79 Å². The summed E-state index contributed by atoms with van der Waals surface area (Å²) in [6, 6.07) is 13.2. The van der Waals surface area contributed by atoms with E-state index in [1.807, 2.05) is 0 Å². The number of ether oxygens (including phenoxy) is 1. The molecule has 22 heavy (non-hydrogen) atoms. The van der Waals surface area contributed by atoms with Gasteiger partial charge in [-0.15, -0.1) is 0 Å². The van der Waals surface area contributed by atoms with E-state index in [0.29, 0.717) is 16.4 Å². The summed E-state index contributed by atoms with van der Waals surface area (Å²) in [6.07, 6.45) is -0.967. The van der Waals surface area contributed by atoms with Crippen LogP contribution in [0.4, 0.5) is 11.4 Å². The van der Waals surface area contributed by atoms with Gasteiger partial charge in [0, 0.05) is 5.69 Å². The highest BCUT2D eigenvalue weighted by Gasteiger charge is 2.19. The molecule has 0 spiro atoms. The first-order valence-corrected chi connectivity index (χ1v) is 6.97. The average molecular weight is 319 g/mol. The Hall–Kier alpha value is -2.53. The fourth-order valence-electron chi connectivity index (χ4n) is 1.74. The molecular weight excluding hydrogens is 304 g/mol. The van der Waals surface area contributed by atoms with E-state index in [4.69, 9.17) is 22.1 Å². The topological polar surface area (TPSA) is 81.4 Å². The fraction of sp³-hybridized carbons (Fsp3) is 0.125. The van der Waals surface area contributed by atoms with Gasteiger partial charge in [-0.1, -0.05) is 29.8 Å². The Bertz CT molecular complexity index is 703. The molecule has 5 nitrogen and oxygen atoms in total. The van der Waals surface area contributed by atoms with Crippen molar-refractivity contribution in [1.29, 1.82) is 0 Å². The number of nitrogens with two attached hydrogens (primary N) is 1. The normalized spacial score (nSPS) is 11.5. The predicted molar refractivity (Wildman–Crippen MR) is 85.8 cm³/mol. The quantitative estimate of drug-likeness (QED) is 0.670. The Kier molecular flexibility index (Phi) is 5.01. The summed E-state index contributed by atoms with van der Waals surface area (Å²) in [6.45, 7) is 1.48. The SMILES string of the molecule is CC(OC(=O)c1cccc(N)c1)C(=O)Nc1ccccc1Cl. The van der Waals surface area contributed by atoms with Crippen molar-refractivity contribution in [1.82, 2.24) is 0 Å². The summed E-state index contributed by atoms with van der Waals surface area (Å²) in [5, 5.41) is 3.01. The van der Waals surface area contributed by atoms with E-state index in [-0.39, 0.29) is 5.56 Å². The molecule has 2 aromatic carbocycles. The number of benzene rings is 2. The van der Waals surface area contributed by atoms with Crippen molar-refractivity contribution >= 4 is 34.9 Å². The highest BCUT2D eigenvalue weighted by atomic mass is 35.5. The van der Waals surface area contributed by atoms with E-state index in [1.54, 1.807) is 42.5 Å². The predicted octanol–water partition coefficient (Wildman–Crippen LogP) is 3.11. The second-order valence-corrected chi connectivity index (χ2v) is 5.05. The molecule has 1 unspecified atom stereocenters. The first-order valence-electron chi connectivity index (χ1n) is 6.59. The first-order chi connectivity index (χ1) is 10.5. The van der Waals surface area contributed by atoms with Crippen LogP contribution in [0.1, 0.15) is 17.3 Å². The number of nitrogens with one attached hydrogen (secondary N) is 1. The highest BCUT2D eigenvalue weighted by molar-refractivity contribution is 6.33. The molecule has 0 saturated carbocycles. The Morgan fingerprint density at radius 2 is 1.91 bits per heavy atom. The van der Waals surface area contributed by atoms with Crippen LogP contribution in [0.2, 0.25) is 5.02 Å². The van der Waals surface area contributed by atoms with Crippen LogP contribution in [0, 0.1) is 0 Å². The molecule has 0 saturated heterocycles. The zero-order valence-corrected chi connectivity index (χ0v) is 12.6. The van der Waals surface area contributed by atoms with Crippen LogP contribution in [0.25, 0.3) is 0 Å². The Morgan fingerprint density at radius 1 is 1.18 bits per heavy atom. The van der Waals surface area contributed by atoms with Crippen LogP contribution in [-0.4, -0.2) is 18.0 Å². The van der Waals surface area contributed by atoms with Gasteiger partial charge in [0.05, 0.1) is 16.3 Å². The molecule has 6 heteroatoms. The summed E-state index contributed by atoms with van der Waals surface area (Å²) >= 11 is 5.96. The minimum Gasteiger partial charge on any atom is -0.449 e. The third-order valence-corrected chi connectivity index (χ3v) is 3.24. The number of rotatable bonds is 4. The highest BCUT2D eigenvalue weighted by Crippen LogP contribution is 2.20. The number of halogens is 1. The molecule has 2 aromatic rings. The molecule has 0 aliphatic carbocycles. The summed E-state index contributed by atoms with van der Waals surface area (Å²) < 4.78 is 5.12. The van der Waals surface area contributed by atoms with E-state index >= 15 is 0 Å². The van der Waals surface area contributed by atoms with Crippen LogP contribution in [0.15, 0.2) is 48.5 Å². The van der Waals surface area contributed by atoms with Crippen molar-refractivity contribution in [2.75, 3.05) is 11.1 Å². The molecule has 0 aliphatic heterocycles. The smallest absolute Gasteiger partial charge is 0.338 e. The lowest BCUT2D eigenvalue weighted by molar-refractivity contribution is -0.123. The van der Waals surface area contributed by atoms with Crippen molar-refractivity contribution in [2.24, 2.45) is 0 Å². The lowest BCUT2D eigenvalue weighted by atomic mass is 10.2. The minimum atomic E-state index is -0.967. The maximum absolute atomic E-state index is 12.0. The zero-order chi connectivity index (χ0) is 16.1. The molecule has 0 bridgehead atoms. The van der Waals surface area contributed by atoms with Crippen molar-refractivity contribution in [3.8, 4) is 0 Å². The summed E-state index contributed by atoms with van der Waals surface area (Å²) in [7, 11) is 0. The molecule has 0 aliphatic rings. The maximum Gasteiger partial charge on any atom is 0.338 e. The average Bonchev–Trinajstić information content (AvgIpc) is 2.49. The molecule has 1 atom stereocenters. The van der Waals surface area contributed by atoms with Crippen molar-refractivity contribution in [2.45, 2.75) is 13.0 Å². The number of esters is 1. The lowest BCUT2D eigenvalue weighted by Crippen LogP contribution is -2.30. The van der Waals surface area contributed by atoms with Gasteiger partial charge in [0.15, 0.2) is 6.10 Å². The van der Waals surface area contributed by atoms with E-state index < -0.39 is 18.0 Å². The van der Waals surface area contributed by atoms with E-state index in [2.05, 4.69) is 5.32 Å². The third-order valence-electron chi connectivity index (χ3n) is 2.91. The molecule has 0 aromatic heterocycles. The molecule has 0 heterocycles. The van der Waals surface area contributed by atoms with Gasteiger partial charge in [0.25, 0.3) is 5.91 Å². The number of hydrogen-bond acceptors (Lipinski definition) is 4. The monoisotopic (exact) mass is 318 g/mol. The van der Waals surface area contributed by atoms with Crippen molar-refractivity contribution in [3.63, 3.8) is 0 Å². The Labute approximate surface area is 133 Å². The fourth-order valence-corrected chi connectivity index (χ4v) is 1.93. The zero-order valence-electron chi connectivity index (χ0n) is 11.9. The van der Waals surface area contributed by atoms with Crippen molar-refractivity contribution < 1.29 is 14.3 Å². The standard InChI is InChI=1S/C16H15ClN2O3/c1-10(15(20)19-14-8-3-2-7-13(14)17)22-16(21)11-5-4-6-12(18)9-11/h2-10H,18H2,1H3,(H,19,20). The van der Waals surface area contributed by atoms with Crippen LogP contribution in [0.5, 0.6) is 0 Å². The van der Waals surface area contributed by atoms with Gasteiger partial charge in [0.1, 0.15) is 0 Å². The van der Waals surface area contributed by atoms with Crippen LogP contribution < -0.4 is 11.1 Å². The maximum atomic E-state index is 12.0. The molecule has 0 fully saturated rings. The second kappa shape index (κ2) is 6.95. The number of anilines is 2. The lowest BCUT2D eigenvalue weighted by Gasteiger charge is -2.14. The van der Waals surface area contributed by atoms with Crippen LogP contribution in [0.3, 0.4) is 0 Å². The van der Waals surface area contributed by atoms with Gasteiger partial charge in [-0.05, 0) is 37.3 Å². The number of amides is 1. The molecule has 3 N–H and O–H groups in total. The number of carbonyl (C=O) groups is 2. The largest absolute Gasteiger partial charge is 0.449 e. The molecule has 1 amide bonds. The minimum absolute atomic E-state index is 0.289. The molecular formula is C16H15ClN2O3. The molecule has 2 rings (SSSR count). The molecule has 0 radical (unpaired) electrons. The number of nitrogen functional groups attached to an aromatic ring is 1. The van der Waals surface area contributed by atoms with E-state index in [0.717, 1.165) is 0 Å². The Balaban J connectivity index is 1.99. The molecule has 114 valence electrons. The van der Waals surface area contributed by atoms with Gasteiger partial charge in [-0.3, -0.25) is 4.79 Å². The van der Waals surface area contributed by atoms with Gasteiger partial charge in [-0.2, -0.15) is 0 Å². The summed E-state index contributed by atoms with van der Waals surface area (Å²) in [5.74, 6) is -1.08. The summed E-state index contributed by atoms with van der Waals surface area (Å²) in [5.41, 5.74) is 6.80. The number of para-hydroxylation sites is 1. The van der Waals surface area contributed by atoms with Gasteiger partial charge < -0.3 is 15.8 Å². The Morgan fingerprint density at radius 3 is 2.59 bits per heavy atom. The third kappa shape index (κ3) is 3.99. The van der Waals surface area contributed by atoms with Crippen LogP contribution >= 0.6 is 11.6 Å². The summed E-state index contributed by atoms with van der Waals surface area (Å²) in [4.78, 5) is 24.0. The van der Waals surface area contributed by atoms with Crippen molar-refractivity contribution in [3.05, 3.63) is 59.1 Å². The van der Waals surface area contributed by atoms with Gasteiger partial charge in [0.2, 0.25) is 0 Å². The van der Waals surface area contributed by atoms with E-state index in [1.165, 1.54) is 13.0 Å². The number of carbonyl (C=O) groups excluding carboxylic acids is 2. The van der Waals surface area contributed by atoms with E-state index in [9.17, 15) is 9.59 Å². The van der Waals surface area contributed by atoms with Gasteiger partial charge >= 0.3 is 5.97 Å². The second-order valence-electron chi connectivity index (χ2n) is 4.64. The first kappa shape index (κ1) is 15.9. The number of hydrogen-bond donors (Lipinski definition) is 2. The van der Waals surface area contributed by atoms with Crippen LogP contribution in [-0.2, 0) is 9.53 Å².